The second kappa shape index (κ2) is 5.03. The molecule has 1 aliphatic rings. The van der Waals surface area contributed by atoms with Crippen LogP contribution in [0.5, 0.6) is 0 Å². The number of carbonyl (C=O) groups excluding carboxylic acids is 1. The minimum absolute atomic E-state index is 0.413. The highest BCUT2D eigenvalue weighted by molar-refractivity contribution is 5.79. The first kappa shape index (κ1) is 12.3. The van der Waals surface area contributed by atoms with Gasteiger partial charge >= 0.3 is 0 Å². The largest absolute Gasteiger partial charge is 0.300 e. The maximum atomic E-state index is 11.3. The number of Topliss-reactive ketones (excluding diaryl/α,β-unsaturated/α-hetero) is 1. The van der Waals surface area contributed by atoms with Crippen LogP contribution in [0.15, 0.2) is 6.07 Å². The third-order valence-electron chi connectivity index (χ3n) is 3.64. The van der Waals surface area contributed by atoms with Crippen LogP contribution in [-0.2, 0) is 11.2 Å². The fourth-order valence-electron chi connectivity index (χ4n) is 2.49. The summed E-state index contributed by atoms with van der Waals surface area (Å²) in [6.07, 6.45) is 4.40. The maximum absolute atomic E-state index is 11.3. The molecule has 0 saturated heterocycles. The van der Waals surface area contributed by atoms with Gasteiger partial charge in [0, 0.05) is 18.5 Å². The lowest BCUT2D eigenvalue weighted by Crippen LogP contribution is -2.20. The van der Waals surface area contributed by atoms with E-state index in [4.69, 9.17) is 5.10 Å². The van der Waals surface area contributed by atoms with E-state index in [1.807, 2.05) is 0 Å². The van der Waals surface area contributed by atoms with Gasteiger partial charge in [-0.1, -0.05) is 20.8 Å². The van der Waals surface area contributed by atoms with Crippen molar-refractivity contribution in [3.63, 3.8) is 0 Å². The molecule has 0 N–H and O–H groups in total. The summed E-state index contributed by atoms with van der Waals surface area (Å²) in [6, 6.07) is 2.66. The molecule has 1 aromatic heterocycles. The van der Waals surface area contributed by atoms with Gasteiger partial charge in [-0.2, -0.15) is 5.10 Å². The summed E-state index contributed by atoms with van der Waals surface area (Å²) in [4.78, 5) is 11.3. The fraction of sp³-hybridized carbons (Fsp3) is 0.714. The molecule has 1 fully saturated rings. The highest BCUT2D eigenvalue weighted by Crippen LogP contribution is 2.28. The summed E-state index contributed by atoms with van der Waals surface area (Å²) in [7, 11) is 0. The predicted molar refractivity (Wildman–Crippen MR) is 68.2 cm³/mol. The molecule has 3 heteroatoms. The van der Waals surface area contributed by atoms with Crippen molar-refractivity contribution in [2.24, 2.45) is 0 Å². The van der Waals surface area contributed by atoms with E-state index >= 15 is 0 Å². The fourth-order valence-corrected chi connectivity index (χ4v) is 2.49. The summed E-state index contributed by atoms with van der Waals surface area (Å²) in [5, 5.41) is 4.73. The van der Waals surface area contributed by atoms with Gasteiger partial charge in [-0.3, -0.25) is 9.48 Å². The SMILES string of the molecule is CCc1cc(C(C)C)nn1C1CCC(=O)CC1. The monoisotopic (exact) mass is 234 g/mol. The summed E-state index contributed by atoms with van der Waals surface area (Å²) < 4.78 is 2.18. The van der Waals surface area contributed by atoms with Gasteiger partial charge in [-0.25, -0.2) is 0 Å². The molecule has 3 nitrogen and oxygen atoms in total. The molecule has 0 atom stereocenters. The van der Waals surface area contributed by atoms with Crippen LogP contribution >= 0.6 is 0 Å². The number of hydrogen-bond acceptors (Lipinski definition) is 2. The summed E-state index contributed by atoms with van der Waals surface area (Å²) in [6.45, 7) is 6.53. The predicted octanol–water partition coefficient (Wildman–Crippen LogP) is 3.25. The molecule has 1 saturated carbocycles. The van der Waals surface area contributed by atoms with Gasteiger partial charge < -0.3 is 0 Å². The van der Waals surface area contributed by atoms with E-state index in [1.165, 1.54) is 11.4 Å². The normalized spacial score (nSPS) is 18.0. The van der Waals surface area contributed by atoms with Gasteiger partial charge in [0.05, 0.1) is 11.7 Å². The van der Waals surface area contributed by atoms with Crippen molar-refractivity contribution in [3.8, 4) is 0 Å². The zero-order valence-electron chi connectivity index (χ0n) is 11.1. The van der Waals surface area contributed by atoms with Crippen molar-refractivity contribution in [2.45, 2.75) is 64.8 Å². The average molecular weight is 234 g/mol. The van der Waals surface area contributed by atoms with Gasteiger partial charge in [0.15, 0.2) is 0 Å². The van der Waals surface area contributed by atoms with Crippen LogP contribution in [0.25, 0.3) is 0 Å². The molecule has 0 unspecified atom stereocenters. The highest BCUT2D eigenvalue weighted by Gasteiger charge is 2.23. The molecule has 1 heterocycles. The molecule has 1 aromatic rings. The standard InChI is InChI=1S/C14H22N2O/c1-4-11-9-14(10(2)3)15-16(11)12-5-7-13(17)8-6-12/h9-10,12H,4-8H2,1-3H3. The number of aryl methyl sites for hydroxylation is 1. The second-order valence-electron chi connectivity index (χ2n) is 5.28. The molecule has 0 aliphatic heterocycles. The van der Waals surface area contributed by atoms with Crippen LogP contribution in [0.1, 0.15) is 69.8 Å². The lowest BCUT2D eigenvalue weighted by molar-refractivity contribution is -0.120. The van der Waals surface area contributed by atoms with Crippen molar-refractivity contribution in [2.75, 3.05) is 0 Å². The first-order chi connectivity index (χ1) is 8.11. The number of rotatable bonds is 3. The molecule has 2 rings (SSSR count). The Bertz CT molecular complexity index is 396. The minimum Gasteiger partial charge on any atom is -0.300 e. The lowest BCUT2D eigenvalue weighted by Gasteiger charge is -2.23. The Morgan fingerprint density at radius 2 is 2.06 bits per heavy atom. The number of aromatic nitrogens is 2. The number of ketones is 1. The first-order valence-corrected chi connectivity index (χ1v) is 6.71. The van der Waals surface area contributed by atoms with Gasteiger partial charge in [0.2, 0.25) is 0 Å². The number of nitrogens with zero attached hydrogens (tertiary/aromatic N) is 2. The Hall–Kier alpha value is -1.12. The van der Waals surface area contributed by atoms with Crippen LogP contribution in [-0.4, -0.2) is 15.6 Å². The van der Waals surface area contributed by atoms with Crippen molar-refractivity contribution in [1.82, 2.24) is 9.78 Å². The molecule has 94 valence electrons. The quantitative estimate of drug-likeness (QED) is 0.804. The smallest absolute Gasteiger partial charge is 0.133 e. The molecule has 17 heavy (non-hydrogen) atoms. The first-order valence-electron chi connectivity index (χ1n) is 6.71. The van der Waals surface area contributed by atoms with E-state index in [0.717, 1.165) is 32.1 Å². The van der Waals surface area contributed by atoms with Crippen molar-refractivity contribution in [1.29, 1.82) is 0 Å². The van der Waals surface area contributed by atoms with E-state index in [9.17, 15) is 4.79 Å². The third kappa shape index (κ3) is 2.59. The Kier molecular flexibility index (Phi) is 3.65. The molecule has 0 amide bonds. The van der Waals surface area contributed by atoms with Crippen molar-refractivity contribution >= 4 is 5.78 Å². The van der Waals surface area contributed by atoms with Crippen LogP contribution in [0.3, 0.4) is 0 Å². The van der Waals surface area contributed by atoms with Gasteiger partial charge in [0.1, 0.15) is 5.78 Å². The second-order valence-corrected chi connectivity index (χ2v) is 5.28. The zero-order chi connectivity index (χ0) is 12.4. The number of hydrogen-bond donors (Lipinski definition) is 0. The summed E-state index contributed by atoms with van der Waals surface area (Å²) in [5.74, 6) is 0.891. The minimum atomic E-state index is 0.413. The van der Waals surface area contributed by atoms with Crippen LogP contribution in [0.2, 0.25) is 0 Å². The van der Waals surface area contributed by atoms with E-state index in [0.29, 0.717) is 17.7 Å². The Morgan fingerprint density at radius 3 is 2.59 bits per heavy atom. The van der Waals surface area contributed by atoms with E-state index < -0.39 is 0 Å². The van der Waals surface area contributed by atoms with Gasteiger partial charge in [0.25, 0.3) is 0 Å². The molecular formula is C14H22N2O. The average Bonchev–Trinajstić information content (AvgIpc) is 2.74. The molecule has 0 aromatic carbocycles. The molecule has 0 bridgehead atoms. The molecule has 0 spiro atoms. The van der Waals surface area contributed by atoms with Crippen LogP contribution in [0.4, 0.5) is 0 Å². The Balaban J connectivity index is 2.21. The Labute approximate surface area is 103 Å². The topological polar surface area (TPSA) is 34.9 Å². The van der Waals surface area contributed by atoms with Crippen LogP contribution in [0, 0.1) is 0 Å². The Morgan fingerprint density at radius 1 is 1.41 bits per heavy atom. The van der Waals surface area contributed by atoms with Gasteiger partial charge in [-0.15, -0.1) is 0 Å². The van der Waals surface area contributed by atoms with Crippen molar-refractivity contribution < 1.29 is 4.79 Å². The van der Waals surface area contributed by atoms with Crippen molar-refractivity contribution in [3.05, 3.63) is 17.5 Å². The zero-order valence-corrected chi connectivity index (χ0v) is 11.1. The molecule has 0 radical (unpaired) electrons. The van der Waals surface area contributed by atoms with E-state index in [-0.39, 0.29) is 0 Å². The van der Waals surface area contributed by atoms with Crippen LogP contribution < -0.4 is 0 Å². The molecular weight excluding hydrogens is 212 g/mol. The summed E-state index contributed by atoms with van der Waals surface area (Å²) >= 11 is 0. The molecule has 1 aliphatic carbocycles. The number of carbonyl (C=O) groups is 1. The van der Waals surface area contributed by atoms with Gasteiger partial charge in [-0.05, 0) is 31.2 Å². The highest BCUT2D eigenvalue weighted by atomic mass is 16.1. The maximum Gasteiger partial charge on any atom is 0.133 e. The van der Waals surface area contributed by atoms with E-state index in [1.54, 1.807) is 0 Å². The third-order valence-corrected chi connectivity index (χ3v) is 3.64. The van der Waals surface area contributed by atoms with E-state index in [2.05, 4.69) is 31.5 Å². The summed E-state index contributed by atoms with van der Waals surface area (Å²) in [5.41, 5.74) is 2.49. The lowest BCUT2D eigenvalue weighted by atomic mass is 9.94.